The summed E-state index contributed by atoms with van der Waals surface area (Å²) in [6, 6.07) is 12.1. The molecule has 1 saturated heterocycles. The maximum Gasteiger partial charge on any atom is 0.279 e. The SMILES string of the molecule is COc1ncc(C(=O)NCCOCCOCCOCCOCCNC(=O)COc2ccc3c(c2)C(=O)N(C2CCC(=O)NC2=O)C3=O)cc1-c1nc2c(n1C(C)C)[C@H](c1ccc(Cl)cc1)N(c1cc(Cl)cn(C)c1=O)C2=O. The van der Waals surface area contributed by atoms with Crippen LogP contribution in [0.4, 0.5) is 5.69 Å². The molecule has 77 heavy (non-hydrogen) atoms. The number of carbonyl (C=O) groups excluding carboxylic acids is 7. The van der Waals surface area contributed by atoms with Gasteiger partial charge in [-0.15, -0.1) is 0 Å². The van der Waals surface area contributed by atoms with Crippen LogP contribution in [0.25, 0.3) is 11.4 Å². The lowest BCUT2D eigenvalue weighted by Gasteiger charge is -2.28. The molecule has 3 N–H and O–H groups in total. The molecule has 0 saturated carbocycles. The molecular weight excluding hydrogens is 1050 g/mol. The van der Waals surface area contributed by atoms with E-state index in [9.17, 15) is 38.4 Å². The number of methoxy groups -OCH3 is 1. The first kappa shape index (κ1) is 55.7. The van der Waals surface area contributed by atoms with Gasteiger partial charge in [0.1, 0.15) is 29.3 Å². The summed E-state index contributed by atoms with van der Waals surface area (Å²) < 4.78 is 36.6. The number of carbonyl (C=O) groups is 7. The number of aryl methyl sites for hydroxylation is 1. The number of pyridine rings is 2. The quantitative estimate of drug-likeness (QED) is 0.0556. The van der Waals surface area contributed by atoms with E-state index in [0.29, 0.717) is 47.5 Å². The van der Waals surface area contributed by atoms with Crippen LogP contribution in [0, 0.1) is 0 Å². The van der Waals surface area contributed by atoms with E-state index in [1.54, 1.807) is 37.4 Å². The Balaban J connectivity index is 0.716. The van der Waals surface area contributed by atoms with Crippen molar-refractivity contribution in [3.05, 3.63) is 121 Å². The highest BCUT2D eigenvalue weighted by molar-refractivity contribution is 6.31. The maximum absolute atomic E-state index is 14.5. The number of hydrogen-bond donors (Lipinski definition) is 3. The van der Waals surface area contributed by atoms with Crippen molar-refractivity contribution in [1.29, 1.82) is 0 Å². The molecule has 23 nitrogen and oxygen atoms in total. The van der Waals surface area contributed by atoms with Gasteiger partial charge in [0.2, 0.25) is 17.7 Å². The van der Waals surface area contributed by atoms with Crippen molar-refractivity contribution in [1.82, 2.24) is 40.0 Å². The molecule has 0 radical (unpaired) electrons. The lowest BCUT2D eigenvalue weighted by Crippen LogP contribution is -2.54. The molecule has 3 aliphatic rings. The zero-order valence-corrected chi connectivity index (χ0v) is 43.9. The number of rotatable bonds is 25. The monoisotopic (exact) mass is 1100 g/mol. The molecule has 1 unspecified atom stereocenters. The maximum atomic E-state index is 14.5. The molecule has 2 aromatic carbocycles. The normalized spacial score (nSPS) is 16.0. The Labute approximate surface area is 451 Å². The van der Waals surface area contributed by atoms with Crippen LogP contribution in [0.1, 0.15) is 91.6 Å². The fourth-order valence-corrected chi connectivity index (χ4v) is 9.34. The molecule has 5 aromatic rings. The lowest BCUT2D eigenvalue weighted by atomic mass is 10.0. The molecule has 3 aliphatic heterocycles. The summed E-state index contributed by atoms with van der Waals surface area (Å²) >= 11 is 12.7. The summed E-state index contributed by atoms with van der Waals surface area (Å²) in [5.41, 5.74) is 1.67. The van der Waals surface area contributed by atoms with Gasteiger partial charge in [0, 0.05) is 50.0 Å². The van der Waals surface area contributed by atoms with Crippen LogP contribution in [0.15, 0.2) is 71.8 Å². The van der Waals surface area contributed by atoms with E-state index < -0.39 is 59.0 Å². The van der Waals surface area contributed by atoms with E-state index >= 15 is 0 Å². The topological polar surface area (TPSA) is 270 Å². The van der Waals surface area contributed by atoms with Crippen molar-refractivity contribution >= 4 is 70.2 Å². The number of halogens is 2. The fraction of sp³-hybridized carbons (Fsp3) is 0.385. The van der Waals surface area contributed by atoms with Gasteiger partial charge in [-0.1, -0.05) is 35.3 Å². The van der Waals surface area contributed by atoms with E-state index in [2.05, 4.69) is 20.9 Å². The van der Waals surface area contributed by atoms with Crippen LogP contribution in [-0.4, -0.2) is 151 Å². The minimum absolute atomic E-state index is 0.00834. The minimum atomic E-state index is -1.09. The molecule has 6 heterocycles. The molecule has 0 bridgehead atoms. The van der Waals surface area contributed by atoms with Gasteiger partial charge in [-0.3, -0.25) is 53.5 Å². The fourth-order valence-electron chi connectivity index (χ4n) is 8.96. The van der Waals surface area contributed by atoms with E-state index in [4.69, 9.17) is 56.6 Å². The lowest BCUT2D eigenvalue weighted by molar-refractivity contribution is -0.136. The summed E-state index contributed by atoms with van der Waals surface area (Å²) in [6.45, 7) is 6.06. The predicted octanol–water partition coefficient (Wildman–Crippen LogP) is 3.68. The average Bonchev–Trinajstić information content (AvgIpc) is 4.06. The highest BCUT2D eigenvalue weighted by atomic mass is 35.5. The molecule has 7 amide bonds. The van der Waals surface area contributed by atoms with Crippen LogP contribution in [0.2, 0.25) is 10.0 Å². The average molecular weight is 1100 g/mol. The first-order chi connectivity index (χ1) is 37.1. The number of imidazole rings is 1. The van der Waals surface area contributed by atoms with Gasteiger partial charge in [-0.05, 0) is 68.3 Å². The van der Waals surface area contributed by atoms with E-state index in [0.717, 1.165) is 4.90 Å². The summed E-state index contributed by atoms with van der Waals surface area (Å²) in [5.74, 6) is -3.19. The largest absolute Gasteiger partial charge is 0.484 e. The number of piperidine rings is 1. The Morgan fingerprint density at radius 2 is 1.42 bits per heavy atom. The highest BCUT2D eigenvalue weighted by Crippen LogP contribution is 2.45. The van der Waals surface area contributed by atoms with Crippen molar-refractivity contribution < 1.29 is 62.0 Å². The first-order valence-electron chi connectivity index (χ1n) is 24.5. The van der Waals surface area contributed by atoms with Crippen LogP contribution < -0.4 is 35.9 Å². The number of amides is 7. The van der Waals surface area contributed by atoms with Crippen LogP contribution in [-0.2, 0) is 40.4 Å². The third kappa shape index (κ3) is 12.5. The van der Waals surface area contributed by atoms with Gasteiger partial charge in [0.05, 0.1) is 92.9 Å². The van der Waals surface area contributed by atoms with Crippen molar-refractivity contribution in [2.24, 2.45) is 7.05 Å². The Morgan fingerprint density at radius 3 is 2.06 bits per heavy atom. The first-order valence-corrected chi connectivity index (χ1v) is 25.3. The molecule has 2 atom stereocenters. The van der Waals surface area contributed by atoms with Crippen molar-refractivity contribution in [2.75, 3.05) is 84.6 Å². The number of hydrogen-bond acceptors (Lipinski definition) is 16. The van der Waals surface area contributed by atoms with Gasteiger partial charge in [-0.25, -0.2) is 9.97 Å². The summed E-state index contributed by atoms with van der Waals surface area (Å²) in [7, 11) is 3.00. The van der Waals surface area contributed by atoms with Gasteiger partial charge in [-0.2, -0.15) is 0 Å². The molecule has 0 spiro atoms. The number of nitrogens with zero attached hydrogens (tertiary/aromatic N) is 6. The number of ether oxygens (including phenoxy) is 6. The van der Waals surface area contributed by atoms with Crippen molar-refractivity contribution in [3.8, 4) is 23.0 Å². The summed E-state index contributed by atoms with van der Waals surface area (Å²) in [4.78, 5) is 115. The van der Waals surface area contributed by atoms with Gasteiger partial charge in [0.15, 0.2) is 12.3 Å². The third-order valence-electron chi connectivity index (χ3n) is 12.5. The molecule has 406 valence electrons. The Kier molecular flexibility index (Phi) is 18.1. The number of imide groups is 2. The van der Waals surface area contributed by atoms with Crippen LogP contribution in [0.5, 0.6) is 11.6 Å². The molecule has 0 aliphatic carbocycles. The third-order valence-corrected chi connectivity index (χ3v) is 13.0. The van der Waals surface area contributed by atoms with Crippen molar-refractivity contribution in [3.63, 3.8) is 0 Å². The van der Waals surface area contributed by atoms with Crippen LogP contribution >= 0.6 is 23.2 Å². The number of benzene rings is 2. The summed E-state index contributed by atoms with van der Waals surface area (Å²) in [6.07, 6.45) is 2.90. The minimum Gasteiger partial charge on any atom is -0.484 e. The number of aromatic nitrogens is 4. The zero-order chi connectivity index (χ0) is 54.9. The van der Waals surface area contributed by atoms with E-state index in [-0.39, 0.29) is 116 Å². The molecule has 25 heteroatoms. The van der Waals surface area contributed by atoms with Crippen LogP contribution in [0.3, 0.4) is 0 Å². The predicted molar refractivity (Wildman–Crippen MR) is 276 cm³/mol. The second-order valence-corrected chi connectivity index (χ2v) is 18.9. The van der Waals surface area contributed by atoms with Crippen molar-refractivity contribution in [2.45, 2.75) is 44.8 Å². The Morgan fingerprint density at radius 1 is 0.766 bits per heavy atom. The second kappa shape index (κ2) is 25.1. The van der Waals surface area contributed by atoms with Gasteiger partial charge >= 0.3 is 0 Å². The summed E-state index contributed by atoms with van der Waals surface area (Å²) in [5, 5.41) is 8.39. The van der Waals surface area contributed by atoms with E-state index in [1.165, 1.54) is 53.2 Å². The molecule has 1 fully saturated rings. The second-order valence-electron chi connectivity index (χ2n) is 18.0. The standard InChI is InChI=1S/C52H55Cl2N9O14/c1-29(2)61-44-42(52(71)62(39-24-33(54)27-60(3)51(39)70)43(44)30-5-7-32(53)8-6-30)59-45(61)37-23-31(26-57-48(37)72-4)46(66)56-14-16-74-18-20-76-22-21-75-19-17-73-15-13-55-41(65)28-77-34-9-10-35-36(25-34)50(69)63(49(35)68)38-11-12-40(64)58-47(38)67/h5-10,23-27,29,38,43H,11-22,28H2,1-4H3,(H,55,65)(H,56,66)(H,58,64,67)/t38?,43-/m0/s1. The number of nitrogens with one attached hydrogen (secondary N) is 3. The smallest absolute Gasteiger partial charge is 0.279 e. The Bertz CT molecular complexity index is 3150. The molecule has 3 aromatic heterocycles. The number of fused-ring (bicyclic) bond motifs is 2. The molecule has 8 rings (SSSR count). The van der Waals surface area contributed by atoms with Gasteiger partial charge in [0.25, 0.3) is 35.1 Å². The van der Waals surface area contributed by atoms with Gasteiger partial charge < -0.3 is 48.2 Å². The number of anilines is 1. The zero-order valence-electron chi connectivity index (χ0n) is 42.4. The highest BCUT2D eigenvalue weighted by Gasteiger charge is 2.47. The molecular formula is C52H55Cl2N9O14. The Hall–Kier alpha value is -7.54. The van der Waals surface area contributed by atoms with E-state index in [1.807, 2.05) is 18.4 Å².